The maximum atomic E-state index is 11.3. The van der Waals surface area contributed by atoms with Gasteiger partial charge in [-0.3, -0.25) is 4.79 Å². The maximum absolute atomic E-state index is 11.3. The van der Waals surface area contributed by atoms with Crippen LogP contribution >= 0.6 is 15.9 Å². The standard InChI is InChI=1S/C12H11BrN2O/c13-7-12(16)15-11-4-2-1-3-10(11)9-5-6-14-8-9/h1-6,8,14H,7H2,(H,15,16). The molecular weight excluding hydrogens is 268 g/mol. The lowest BCUT2D eigenvalue weighted by Gasteiger charge is -2.08. The van der Waals surface area contributed by atoms with Gasteiger partial charge in [0.1, 0.15) is 0 Å². The first-order valence-electron chi connectivity index (χ1n) is 4.89. The number of para-hydroxylation sites is 1. The second-order valence-corrected chi connectivity index (χ2v) is 3.89. The molecule has 1 amide bonds. The predicted molar refractivity (Wildman–Crippen MR) is 68.7 cm³/mol. The summed E-state index contributed by atoms with van der Waals surface area (Å²) >= 11 is 3.13. The molecule has 1 aromatic carbocycles. The van der Waals surface area contributed by atoms with Crippen molar-refractivity contribution in [1.29, 1.82) is 0 Å². The number of carbonyl (C=O) groups excluding carboxylic acids is 1. The topological polar surface area (TPSA) is 44.9 Å². The van der Waals surface area contributed by atoms with E-state index in [1.807, 2.05) is 42.7 Å². The van der Waals surface area contributed by atoms with Crippen LogP contribution in [0.2, 0.25) is 0 Å². The van der Waals surface area contributed by atoms with Crippen molar-refractivity contribution in [1.82, 2.24) is 4.98 Å². The van der Waals surface area contributed by atoms with E-state index in [2.05, 4.69) is 26.2 Å². The van der Waals surface area contributed by atoms with Crippen molar-refractivity contribution < 1.29 is 4.79 Å². The van der Waals surface area contributed by atoms with Crippen molar-refractivity contribution in [3.63, 3.8) is 0 Å². The molecule has 16 heavy (non-hydrogen) atoms. The van der Waals surface area contributed by atoms with Gasteiger partial charge in [-0.15, -0.1) is 0 Å². The number of anilines is 1. The van der Waals surface area contributed by atoms with Crippen LogP contribution in [0.3, 0.4) is 0 Å². The minimum absolute atomic E-state index is 0.0528. The van der Waals surface area contributed by atoms with E-state index in [1.165, 1.54) is 0 Å². The third kappa shape index (κ3) is 2.33. The molecule has 2 aromatic rings. The predicted octanol–water partition coefficient (Wildman–Crippen LogP) is 3.02. The summed E-state index contributed by atoms with van der Waals surface area (Å²) in [6, 6.07) is 9.70. The number of rotatable bonds is 3. The first-order valence-corrected chi connectivity index (χ1v) is 6.01. The van der Waals surface area contributed by atoms with Crippen LogP contribution in [0.25, 0.3) is 11.1 Å². The highest BCUT2D eigenvalue weighted by molar-refractivity contribution is 9.09. The molecule has 1 aromatic heterocycles. The van der Waals surface area contributed by atoms with Crippen molar-refractivity contribution in [3.8, 4) is 11.1 Å². The van der Waals surface area contributed by atoms with E-state index in [-0.39, 0.29) is 5.91 Å². The fourth-order valence-electron chi connectivity index (χ4n) is 1.52. The number of carbonyl (C=O) groups is 1. The molecule has 82 valence electrons. The minimum atomic E-state index is -0.0528. The lowest BCUT2D eigenvalue weighted by atomic mass is 10.1. The summed E-state index contributed by atoms with van der Waals surface area (Å²) in [6.45, 7) is 0. The molecule has 0 atom stereocenters. The van der Waals surface area contributed by atoms with E-state index >= 15 is 0 Å². The molecule has 0 unspecified atom stereocenters. The Morgan fingerprint density at radius 3 is 2.81 bits per heavy atom. The summed E-state index contributed by atoms with van der Waals surface area (Å²) in [5, 5.41) is 3.15. The first kappa shape index (κ1) is 11.0. The molecule has 1 heterocycles. The molecule has 0 bridgehead atoms. The Hall–Kier alpha value is -1.55. The molecule has 0 aliphatic heterocycles. The van der Waals surface area contributed by atoms with Gasteiger partial charge in [0.2, 0.25) is 5.91 Å². The van der Waals surface area contributed by atoms with Gasteiger partial charge in [-0.25, -0.2) is 0 Å². The van der Waals surface area contributed by atoms with Crippen LogP contribution in [0.15, 0.2) is 42.7 Å². The Labute approximate surface area is 102 Å². The summed E-state index contributed by atoms with van der Waals surface area (Å²) in [5.41, 5.74) is 2.90. The monoisotopic (exact) mass is 278 g/mol. The van der Waals surface area contributed by atoms with E-state index in [9.17, 15) is 4.79 Å². The fourth-order valence-corrected chi connectivity index (χ4v) is 1.66. The number of aromatic amines is 1. The van der Waals surface area contributed by atoms with Crippen molar-refractivity contribution in [2.45, 2.75) is 0 Å². The van der Waals surface area contributed by atoms with Crippen LogP contribution < -0.4 is 5.32 Å². The van der Waals surface area contributed by atoms with Crippen LogP contribution in [0.1, 0.15) is 0 Å². The van der Waals surface area contributed by atoms with Gasteiger partial charge in [-0.1, -0.05) is 34.1 Å². The van der Waals surface area contributed by atoms with Gasteiger partial charge in [0.25, 0.3) is 0 Å². The minimum Gasteiger partial charge on any atom is -0.367 e. The highest BCUT2D eigenvalue weighted by atomic mass is 79.9. The van der Waals surface area contributed by atoms with Crippen LogP contribution in [-0.4, -0.2) is 16.2 Å². The Kier molecular flexibility index (Phi) is 3.41. The normalized spacial score (nSPS) is 10.1. The lowest BCUT2D eigenvalue weighted by Crippen LogP contribution is -2.12. The van der Waals surface area contributed by atoms with Gasteiger partial charge in [0, 0.05) is 29.2 Å². The smallest absolute Gasteiger partial charge is 0.235 e. The number of hydrogen-bond acceptors (Lipinski definition) is 1. The summed E-state index contributed by atoms with van der Waals surface area (Å²) < 4.78 is 0. The van der Waals surface area contributed by atoms with Gasteiger partial charge >= 0.3 is 0 Å². The molecule has 2 N–H and O–H groups in total. The zero-order valence-corrected chi connectivity index (χ0v) is 10.1. The molecule has 0 spiro atoms. The van der Waals surface area contributed by atoms with E-state index < -0.39 is 0 Å². The number of nitrogens with one attached hydrogen (secondary N) is 2. The summed E-state index contributed by atoms with van der Waals surface area (Å²) in [4.78, 5) is 14.3. The second kappa shape index (κ2) is 4.99. The molecule has 0 saturated heterocycles. The van der Waals surface area contributed by atoms with Crippen molar-refractivity contribution in [2.75, 3.05) is 10.6 Å². The van der Waals surface area contributed by atoms with Gasteiger partial charge in [-0.2, -0.15) is 0 Å². The molecule has 3 nitrogen and oxygen atoms in total. The van der Waals surface area contributed by atoms with E-state index in [0.29, 0.717) is 5.33 Å². The average Bonchev–Trinajstić information content (AvgIpc) is 2.83. The van der Waals surface area contributed by atoms with Gasteiger partial charge in [-0.05, 0) is 12.1 Å². The summed E-state index contributed by atoms with van der Waals surface area (Å²) in [5.74, 6) is -0.0528. The molecule has 0 aliphatic carbocycles. The summed E-state index contributed by atoms with van der Waals surface area (Å²) in [7, 11) is 0. The zero-order valence-electron chi connectivity index (χ0n) is 8.53. The lowest BCUT2D eigenvalue weighted by molar-refractivity contribution is -0.113. The number of hydrogen-bond donors (Lipinski definition) is 2. The second-order valence-electron chi connectivity index (χ2n) is 3.33. The van der Waals surface area contributed by atoms with Gasteiger partial charge < -0.3 is 10.3 Å². The van der Waals surface area contributed by atoms with Crippen molar-refractivity contribution >= 4 is 27.5 Å². The highest BCUT2D eigenvalue weighted by Crippen LogP contribution is 2.27. The number of H-pyrrole nitrogens is 1. The number of halogens is 1. The largest absolute Gasteiger partial charge is 0.367 e. The molecule has 2 rings (SSSR count). The molecule has 0 fully saturated rings. The zero-order chi connectivity index (χ0) is 11.4. The van der Waals surface area contributed by atoms with Gasteiger partial charge in [0.05, 0.1) is 5.33 Å². The molecule has 4 heteroatoms. The number of benzene rings is 1. The number of amides is 1. The quantitative estimate of drug-likeness (QED) is 0.833. The Morgan fingerprint density at radius 2 is 2.12 bits per heavy atom. The Bertz CT molecular complexity index is 480. The van der Waals surface area contributed by atoms with E-state index in [4.69, 9.17) is 0 Å². The van der Waals surface area contributed by atoms with Crippen LogP contribution in [0, 0.1) is 0 Å². The number of aromatic nitrogens is 1. The fraction of sp³-hybridized carbons (Fsp3) is 0.0833. The molecule has 0 radical (unpaired) electrons. The van der Waals surface area contributed by atoms with Crippen LogP contribution in [0.5, 0.6) is 0 Å². The summed E-state index contributed by atoms with van der Waals surface area (Å²) in [6.07, 6.45) is 3.76. The third-order valence-corrected chi connectivity index (χ3v) is 2.74. The Balaban J connectivity index is 2.35. The SMILES string of the molecule is O=C(CBr)Nc1ccccc1-c1cc[nH]c1. The molecular formula is C12H11BrN2O. The average molecular weight is 279 g/mol. The highest BCUT2D eigenvalue weighted by Gasteiger charge is 2.06. The van der Waals surface area contributed by atoms with Crippen LogP contribution in [0.4, 0.5) is 5.69 Å². The van der Waals surface area contributed by atoms with E-state index in [0.717, 1.165) is 16.8 Å². The first-order chi connectivity index (χ1) is 7.81. The van der Waals surface area contributed by atoms with Crippen molar-refractivity contribution in [3.05, 3.63) is 42.7 Å². The van der Waals surface area contributed by atoms with Gasteiger partial charge in [0.15, 0.2) is 0 Å². The van der Waals surface area contributed by atoms with Crippen LogP contribution in [-0.2, 0) is 4.79 Å². The number of alkyl halides is 1. The molecule has 0 aliphatic rings. The molecule has 0 saturated carbocycles. The Morgan fingerprint density at radius 1 is 1.31 bits per heavy atom. The maximum Gasteiger partial charge on any atom is 0.235 e. The third-order valence-electron chi connectivity index (χ3n) is 2.23. The van der Waals surface area contributed by atoms with E-state index in [1.54, 1.807) is 0 Å². The van der Waals surface area contributed by atoms with Crippen molar-refractivity contribution in [2.24, 2.45) is 0 Å².